The summed E-state index contributed by atoms with van der Waals surface area (Å²) in [6, 6.07) is 19.3. The summed E-state index contributed by atoms with van der Waals surface area (Å²) in [5.74, 6) is 0.879. The van der Waals surface area contributed by atoms with E-state index in [1.807, 2.05) is 59.5 Å². The molecule has 4 rings (SSSR count). The van der Waals surface area contributed by atoms with Gasteiger partial charge in [-0.05, 0) is 24.3 Å². The van der Waals surface area contributed by atoms with Gasteiger partial charge in [0.15, 0.2) is 5.69 Å². The van der Waals surface area contributed by atoms with Crippen molar-refractivity contribution in [2.75, 3.05) is 31.1 Å². The maximum Gasteiger partial charge on any atom is 0.274 e. The third kappa shape index (κ3) is 3.39. The maximum absolute atomic E-state index is 12.7. The predicted octanol–water partition coefficient (Wildman–Crippen LogP) is 2.50. The van der Waals surface area contributed by atoms with E-state index in [1.165, 1.54) is 0 Å². The van der Waals surface area contributed by atoms with Gasteiger partial charge >= 0.3 is 0 Å². The molecule has 130 valence electrons. The summed E-state index contributed by atoms with van der Waals surface area (Å²) in [4.78, 5) is 21.1. The highest BCUT2D eigenvalue weighted by atomic mass is 16.2. The molecule has 1 amide bonds. The first-order chi connectivity index (χ1) is 12.8. The average molecular weight is 345 g/mol. The van der Waals surface area contributed by atoms with Crippen molar-refractivity contribution in [3.8, 4) is 11.3 Å². The van der Waals surface area contributed by atoms with E-state index in [2.05, 4.69) is 20.1 Å². The van der Waals surface area contributed by atoms with E-state index >= 15 is 0 Å². The Balaban J connectivity index is 1.41. The van der Waals surface area contributed by atoms with Gasteiger partial charge in [-0.25, -0.2) is 4.98 Å². The molecule has 6 nitrogen and oxygen atoms in total. The molecule has 1 aromatic carbocycles. The summed E-state index contributed by atoms with van der Waals surface area (Å²) in [5, 5.41) is 8.35. The van der Waals surface area contributed by atoms with E-state index in [9.17, 15) is 4.79 Å². The second kappa shape index (κ2) is 7.31. The molecule has 1 aliphatic rings. The van der Waals surface area contributed by atoms with Crippen LogP contribution in [0.1, 0.15) is 10.5 Å². The van der Waals surface area contributed by atoms with Crippen molar-refractivity contribution >= 4 is 11.7 Å². The zero-order chi connectivity index (χ0) is 17.8. The molecular formula is C20H19N5O. The molecule has 0 aliphatic carbocycles. The number of pyridine rings is 1. The SMILES string of the molecule is O=C(c1ccc(-c2ccccc2)nn1)N1CCN(c2ccccn2)CC1. The summed E-state index contributed by atoms with van der Waals surface area (Å²) < 4.78 is 0. The van der Waals surface area contributed by atoms with Gasteiger partial charge in [-0.2, -0.15) is 0 Å². The summed E-state index contributed by atoms with van der Waals surface area (Å²) in [6.07, 6.45) is 1.79. The van der Waals surface area contributed by atoms with Crippen LogP contribution >= 0.6 is 0 Å². The fourth-order valence-electron chi connectivity index (χ4n) is 3.05. The molecule has 0 atom stereocenters. The Morgan fingerprint density at radius 2 is 1.58 bits per heavy atom. The number of hydrogen-bond donors (Lipinski definition) is 0. The van der Waals surface area contributed by atoms with Crippen LogP contribution in [0.25, 0.3) is 11.3 Å². The molecule has 0 N–H and O–H groups in total. The Bertz CT molecular complexity index is 860. The number of hydrogen-bond acceptors (Lipinski definition) is 5. The Morgan fingerprint density at radius 1 is 0.808 bits per heavy atom. The zero-order valence-electron chi connectivity index (χ0n) is 14.3. The molecule has 3 heterocycles. The van der Waals surface area contributed by atoms with Gasteiger partial charge < -0.3 is 9.80 Å². The van der Waals surface area contributed by atoms with E-state index in [0.29, 0.717) is 18.8 Å². The highest BCUT2D eigenvalue weighted by Gasteiger charge is 2.23. The van der Waals surface area contributed by atoms with Crippen LogP contribution in [0.5, 0.6) is 0 Å². The minimum Gasteiger partial charge on any atom is -0.353 e. The molecule has 2 aromatic heterocycles. The van der Waals surface area contributed by atoms with Crippen LogP contribution in [0, 0.1) is 0 Å². The lowest BCUT2D eigenvalue weighted by Gasteiger charge is -2.35. The van der Waals surface area contributed by atoms with Crippen molar-refractivity contribution in [1.82, 2.24) is 20.1 Å². The lowest BCUT2D eigenvalue weighted by atomic mass is 10.1. The molecule has 3 aromatic rings. The maximum atomic E-state index is 12.7. The van der Waals surface area contributed by atoms with Crippen molar-refractivity contribution in [3.05, 3.63) is 72.6 Å². The molecule has 26 heavy (non-hydrogen) atoms. The predicted molar refractivity (Wildman–Crippen MR) is 99.8 cm³/mol. The molecule has 0 radical (unpaired) electrons. The van der Waals surface area contributed by atoms with Crippen molar-refractivity contribution in [1.29, 1.82) is 0 Å². The van der Waals surface area contributed by atoms with Crippen LogP contribution in [-0.4, -0.2) is 52.2 Å². The Hall–Kier alpha value is -3.28. The van der Waals surface area contributed by atoms with Gasteiger partial charge in [0.25, 0.3) is 5.91 Å². The van der Waals surface area contributed by atoms with Crippen LogP contribution < -0.4 is 4.90 Å². The van der Waals surface area contributed by atoms with E-state index < -0.39 is 0 Å². The van der Waals surface area contributed by atoms with Gasteiger partial charge in [0.2, 0.25) is 0 Å². The van der Waals surface area contributed by atoms with Gasteiger partial charge in [0.05, 0.1) is 5.69 Å². The standard InChI is InChI=1S/C20H19N5O/c26-20(18-10-9-17(22-23-18)16-6-2-1-3-7-16)25-14-12-24(13-15-25)19-8-4-5-11-21-19/h1-11H,12-15H2. The number of anilines is 1. The quantitative estimate of drug-likeness (QED) is 0.730. The highest BCUT2D eigenvalue weighted by molar-refractivity contribution is 5.92. The summed E-state index contributed by atoms with van der Waals surface area (Å²) in [6.45, 7) is 2.83. The summed E-state index contributed by atoms with van der Waals surface area (Å²) in [7, 11) is 0. The van der Waals surface area contributed by atoms with Gasteiger partial charge in [0, 0.05) is 37.9 Å². The Morgan fingerprint density at radius 3 is 2.23 bits per heavy atom. The number of piperazine rings is 1. The van der Waals surface area contributed by atoms with Crippen LogP contribution in [0.2, 0.25) is 0 Å². The molecule has 1 aliphatic heterocycles. The van der Waals surface area contributed by atoms with E-state index in [4.69, 9.17) is 0 Å². The van der Waals surface area contributed by atoms with Gasteiger partial charge in [-0.3, -0.25) is 4.79 Å². The number of benzene rings is 1. The average Bonchev–Trinajstić information content (AvgIpc) is 2.75. The number of amides is 1. The first-order valence-electron chi connectivity index (χ1n) is 8.66. The zero-order valence-corrected chi connectivity index (χ0v) is 14.3. The molecule has 1 saturated heterocycles. The number of carbonyl (C=O) groups excluding carboxylic acids is 1. The Kier molecular flexibility index (Phi) is 4.55. The Labute approximate surface area is 152 Å². The lowest BCUT2D eigenvalue weighted by molar-refractivity contribution is 0.0739. The second-order valence-electron chi connectivity index (χ2n) is 6.14. The van der Waals surface area contributed by atoms with Crippen LogP contribution in [0.15, 0.2) is 66.9 Å². The third-order valence-corrected chi connectivity index (χ3v) is 4.49. The minimum absolute atomic E-state index is 0.0715. The second-order valence-corrected chi connectivity index (χ2v) is 6.14. The van der Waals surface area contributed by atoms with Crippen molar-refractivity contribution in [2.45, 2.75) is 0 Å². The monoisotopic (exact) mass is 345 g/mol. The number of rotatable bonds is 3. The molecule has 0 bridgehead atoms. The number of aromatic nitrogens is 3. The van der Waals surface area contributed by atoms with Gasteiger partial charge in [0.1, 0.15) is 5.82 Å². The summed E-state index contributed by atoms with van der Waals surface area (Å²) >= 11 is 0. The smallest absolute Gasteiger partial charge is 0.274 e. The largest absolute Gasteiger partial charge is 0.353 e. The van der Waals surface area contributed by atoms with Gasteiger partial charge in [-0.1, -0.05) is 36.4 Å². The first-order valence-corrected chi connectivity index (χ1v) is 8.66. The molecule has 1 fully saturated rings. The summed E-state index contributed by atoms with van der Waals surface area (Å²) in [5.41, 5.74) is 2.14. The van der Waals surface area contributed by atoms with Crippen LogP contribution in [0.3, 0.4) is 0 Å². The number of carbonyl (C=O) groups is 1. The molecule has 0 spiro atoms. The van der Waals surface area contributed by atoms with E-state index in [-0.39, 0.29) is 5.91 Å². The lowest BCUT2D eigenvalue weighted by Crippen LogP contribution is -2.49. The van der Waals surface area contributed by atoms with Crippen LogP contribution in [-0.2, 0) is 0 Å². The van der Waals surface area contributed by atoms with E-state index in [1.54, 1.807) is 12.3 Å². The number of nitrogens with zero attached hydrogens (tertiary/aromatic N) is 5. The third-order valence-electron chi connectivity index (χ3n) is 4.49. The van der Waals surface area contributed by atoms with E-state index in [0.717, 1.165) is 30.2 Å². The fraction of sp³-hybridized carbons (Fsp3) is 0.200. The van der Waals surface area contributed by atoms with Crippen LogP contribution in [0.4, 0.5) is 5.82 Å². The molecule has 0 unspecified atom stereocenters. The normalized spacial score (nSPS) is 14.3. The molecule has 0 saturated carbocycles. The van der Waals surface area contributed by atoms with Crippen molar-refractivity contribution < 1.29 is 4.79 Å². The highest BCUT2D eigenvalue weighted by Crippen LogP contribution is 2.17. The van der Waals surface area contributed by atoms with Crippen molar-refractivity contribution in [3.63, 3.8) is 0 Å². The fourth-order valence-corrected chi connectivity index (χ4v) is 3.05. The first kappa shape index (κ1) is 16.2. The molecular weight excluding hydrogens is 326 g/mol. The molecule has 6 heteroatoms. The van der Waals surface area contributed by atoms with Crippen molar-refractivity contribution in [2.24, 2.45) is 0 Å². The van der Waals surface area contributed by atoms with Gasteiger partial charge in [-0.15, -0.1) is 10.2 Å². The minimum atomic E-state index is -0.0715. The topological polar surface area (TPSA) is 62.2 Å².